The van der Waals surface area contributed by atoms with E-state index in [-0.39, 0.29) is 29.5 Å². The van der Waals surface area contributed by atoms with Crippen molar-refractivity contribution in [2.24, 2.45) is 11.3 Å². The summed E-state index contributed by atoms with van der Waals surface area (Å²) in [7, 11) is 0. The van der Waals surface area contributed by atoms with Crippen molar-refractivity contribution in [2.45, 2.75) is 33.2 Å². The van der Waals surface area contributed by atoms with Gasteiger partial charge in [0.2, 0.25) is 0 Å². The number of pyridine rings is 1. The third-order valence-corrected chi connectivity index (χ3v) is 6.86. The number of anilines is 2. The number of hydrogen-bond donors (Lipinski definition) is 3. The lowest BCUT2D eigenvalue weighted by Gasteiger charge is -2.44. The first-order valence-electron chi connectivity index (χ1n) is 11.0. The number of benzene rings is 1. The van der Waals surface area contributed by atoms with Crippen LogP contribution in [0.15, 0.2) is 36.4 Å². The van der Waals surface area contributed by atoms with Crippen LogP contribution in [-0.2, 0) is 17.8 Å². The van der Waals surface area contributed by atoms with Crippen molar-refractivity contribution in [3.8, 4) is 0 Å². The van der Waals surface area contributed by atoms with Crippen LogP contribution in [0.2, 0.25) is 5.02 Å². The minimum atomic E-state index is -1.20. The Morgan fingerprint density at radius 2 is 2.12 bits per heavy atom. The van der Waals surface area contributed by atoms with Gasteiger partial charge >= 0.3 is 5.97 Å². The second-order valence-corrected chi connectivity index (χ2v) is 9.33. The van der Waals surface area contributed by atoms with E-state index in [4.69, 9.17) is 11.6 Å². The molecular weight excluding hydrogens is 464 g/mol. The largest absolute Gasteiger partial charge is 0.481 e. The standard InChI is InChI=1S/C24H26ClF2N5O2/c1-14-12-32(13-16-4-3-5-17(25)22(16)27)9-8-24(14,23(33)34)11-19-18(26)6-7-20(28-19)29-21-10-15(2)30-31-21/h3-7,10,14H,8-9,11-13H2,1-2H3,(H,33,34)(H2,28,29,30,31). The summed E-state index contributed by atoms with van der Waals surface area (Å²) >= 11 is 5.89. The van der Waals surface area contributed by atoms with E-state index in [9.17, 15) is 18.7 Å². The molecule has 0 amide bonds. The van der Waals surface area contributed by atoms with Gasteiger partial charge in [-0.3, -0.25) is 14.8 Å². The van der Waals surface area contributed by atoms with Gasteiger partial charge in [0.05, 0.1) is 16.1 Å². The molecule has 0 saturated carbocycles. The number of aryl methyl sites for hydroxylation is 1. The molecule has 1 saturated heterocycles. The lowest BCUT2D eigenvalue weighted by atomic mass is 9.68. The smallest absolute Gasteiger partial charge is 0.310 e. The molecule has 4 rings (SSSR count). The van der Waals surface area contributed by atoms with Crippen molar-refractivity contribution >= 4 is 29.2 Å². The average molecular weight is 490 g/mol. The second kappa shape index (κ2) is 9.68. The van der Waals surface area contributed by atoms with E-state index in [0.717, 1.165) is 5.69 Å². The van der Waals surface area contributed by atoms with Crippen molar-refractivity contribution in [3.63, 3.8) is 0 Å². The SMILES string of the molecule is Cc1cc(Nc2ccc(F)c(CC3(C(=O)O)CCN(Cc4cccc(Cl)c4F)CC3C)n2)n[nH]1. The van der Waals surface area contributed by atoms with Crippen LogP contribution in [0.4, 0.5) is 20.4 Å². The highest BCUT2D eigenvalue weighted by Crippen LogP contribution is 2.41. The molecule has 1 aromatic carbocycles. The lowest BCUT2D eigenvalue weighted by molar-refractivity contribution is -0.156. The fraction of sp³-hybridized carbons (Fsp3) is 0.375. The summed E-state index contributed by atoms with van der Waals surface area (Å²) in [6, 6.07) is 9.40. The molecule has 7 nitrogen and oxygen atoms in total. The van der Waals surface area contributed by atoms with Gasteiger partial charge in [0.1, 0.15) is 17.5 Å². The first kappa shape index (κ1) is 24.1. The normalized spacial score (nSPS) is 20.9. The van der Waals surface area contributed by atoms with Crippen LogP contribution in [0.1, 0.15) is 30.3 Å². The average Bonchev–Trinajstić information content (AvgIpc) is 3.20. The van der Waals surface area contributed by atoms with Gasteiger partial charge in [-0.05, 0) is 44.0 Å². The molecule has 2 aromatic heterocycles. The van der Waals surface area contributed by atoms with E-state index >= 15 is 0 Å². The second-order valence-electron chi connectivity index (χ2n) is 8.92. The molecule has 34 heavy (non-hydrogen) atoms. The Morgan fingerprint density at radius 1 is 1.32 bits per heavy atom. The fourth-order valence-corrected chi connectivity index (χ4v) is 4.75. The molecule has 3 N–H and O–H groups in total. The van der Waals surface area contributed by atoms with Gasteiger partial charge in [-0.15, -0.1) is 0 Å². The molecule has 180 valence electrons. The molecule has 0 bridgehead atoms. The number of nitrogens with one attached hydrogen (secondary N) is 2. The Bertz CT molecular complexity index is 1200. The molecule has 0 aliphatic carbocycles. The van der Waals surface area contributed by atoms with Gasteiger partial charge in [0.25, 0.3) is 0 Å². The van der Waals surface area contributed by atoms with E-state index in [0.29, 0.717) is 36.8 Å². The minimum absolute atomic E-state index is 0.0518. The summed E-state index contributed by atoms with van der Waals surface area (Å²) in [4.78, 5) is 18.8. The van der Waals surface area contributed by atoms with Crippen LogP contribution in [0.5, 0.6) is 0 Å². The number of H-pyrrole nitrogens is 1. The topological polar surface area (TPSA) is 94.1 Å². The Balaban J connectivity index is 1.52. The minimum Gasteiger partial charge on any atom is -0.481 e. The number of carbonyl (C=O) groups is 1. The Morgan fingerprint density at radius 3 is 2.79 bits per heavy atom. The quantitative estimate of drug-likeness (QED) is 0.435. The molecule has 2 unspecified atom stereocenters. The molecule has 10 heteroatoms. The highest BCUT2D eigenvalue weighted by molar-refractivity contribution is 6.30. The maximum absolute atomic E-state index is 14.7. The number of aromatic amines is 1. The molecule has 1 aliphatic rings. The molecule has 2 atom stereocenters. The zero-order valence-corrected chi connectivity index (χ0v) is 19.7. The number of carboxylic acids is 1. The molecule has 1 aliphatic heterocycles. The van der Waals surface area contributed by atoms with Crippen LogP contribution in [0.25, 0.3) is 0 Å². The number of nitrogens with zero attached hydrogens (tertiary/aromatic N) is 3. The summed E-state index contributed by atoms with van der Waals surface area (Å²) < 4.78 is 29.1. The molecule has 0 radical (unpaired) electrons. The number of aliphatic carboxylic acids is 1. The van der Waals surface area contributed by atoms with Gasteiger partial charge < -0.3 is 10.4 Å². The Kier molecular flexibility index (Phi) is 6.86. The first-order chi connectivity index (χ1) is 16.2. The first-order valence-corrected chi connectivity index (χ1v) is 11.4. The number of rotatable bonds is 7. The molecule has 3 heterocycles. The maximum Gasteiger partial charge on any atom is 0.310 e. The van der Waals surface area contributed by atoms with Crippen molar-refractivity contribution in [2.75, 3.05) is 18.4 Å². The van der Waals surface area contributed by atoms with Crippen molar-refractivity contribution in [3.05, 3.63) is 70.0 Å². The van der Waals surface area contributed by atoms with Crippen LogP contribution in [-0.4, -0.2) is 44.2 Å². The predicted octanol–water partition coefficient (Wildman–Crippen LogP) is 4.94. The summed E-state index contributed by atoms with van der Waals surface area (Å²) in [5.41, 5.74) is 0.204. The van der Waals surface area contributed by atoms with Crippen LogP contribution < -0.4 is 5.32 Å². The fourth-order valence-electron chi connectivity index (χ4n) is 4.56. The van der Waals surface area contributed by atoms with Crippen LogP contribution in [0.3, 0.4) is 0 Å². The summed E-state index contributed by atoms with van der Waals surface area (Å²) in [6.07, 6.45) is 0.229. The number of hydrogen-bond acceptors (Lipinski definition) is 5. The van der Waals surface area contributed by atoms with E-state index in [1.165, 1.54) is 18.2 Å². The number of piperidine rings is 1. The van der Waals surface area contributed by atoms with E-state index in [1.807, 2.05) is 18.7 Å². The molecular formula is C24H26ClF2N5O2. The van der Waals surface area contributed by atoms with E-state index in [2.05, 4.69) is 20.5 Å². The van der Waals surface area contributed by atoms with Gasteiger partial charge in [-0.2, -0.15) is 5.10 Å². The monoisotopic (exact) mass is 489 g/mol. The zero-order valence-electron chi connectivity index (χ0n) is 18.9. The van der Waals surface area contributed by atoms with Gasteiger partial charge in [0, 0.05) is 36.8 Å². The van der Waals surface area contributed by atoms with Crippen molar-refractivity contribution in [1.29, 1.82) is 0 Å². The summed E-state index contributed by atoms with van der Waals surface area (Å²) in [6.45, 7) is 4.86. The third-order valence-electron chi connectivity index (χ3n) is 6.56. The number of likely N-dealkylation sites (tertiary alicyclic amines) is 1. The van der Waals surface area contributed by atoms with Crippen molar-refractivity contribution in [1.82, 2.24) is 20.1 Å². The Hall–Kier alpha value is -3.04. The Labute approximate surface area is 201 Å². The van der Waals surface area contributed by atoms with Crippen molar-refractivity contribution < 1.29 is 18.7 Å². The van der Waals surface area contributed by atoms with Crippen LogP contribution >= 0.6 is 11.6 Å². The third kappa shape index (κ3) is 4.90. The van der Waals surface area contributed by atoms with Gasteiger partial charge in [-0.25, -0.2) is 13.8 Å². The highest BCUT2D eigenvalue weighted by atomic mass is 35.5. The molecule has 3 aromatic rings. The highest BCUT2D eigenvalue weighted by Gasteiger charge is 2.47. The van der Waals surface area contributed by atoms with E-state index < -0.39 is 23.0 Å². The number of aromatic nitrogens is 3. The zero-order chi connectivity index (χ0) is 24.5. The maximum atomic E-state index is 14.7. The lowest BCUT2D eigenvalue weighted by Crippen LogP contribution is -2.51. The van der Waals surface area contributed by atoms with Crippen LogP contribution in [0, 0.1) is 29.9 Å². The molecule has 0 spiro atoms. The van der Waals surface area contributed by atoms with Gasteiger partial charge in [0.15, 0.2) is 5.82 Å². The number of carboxylic acid groups (broad SMARTS) is 1. The summed E-state index contributed by atoms with van der Waals surface area (Å²) in [5, 5.41) is 20.2. The van der Waals surface area contributed by atoms with E-state index in [1.54, 1.807) is 18.2 Å². The number of halogens is 3. The van der Waals surface area contributed by atoms with Gasteiger partial charge in [-0.1, -0.05) is 30.7 Å². The summed E-state index contributed by atoms with van der Waals surface area (Å²) in [5.74, 6) is -1.42. The predicted molar refractivity (Wildman–Crippen MR) is 125 cm³/mol. The molecule has 1 fully saturated rings.